The van der Waals surface area contributed by atoms with E-state index in [0.29, 0.717) is 5.56 Å². The average Bonchev–Trinajstić information content (AvgIpc) is 3.10. The van der Waals surface area contributed by atoms with Gasteiger partial charge in [-0.3, -0.25) is 25.2 Å². The monoisotopic (exact) mass is 383 g/mol. The molecule has 3 amide bonds. The summed E-state index contributed by atoms with van der Waals surface area (Å²) in [6.45, 7) is 2.31. The molecule has 0 radical (unpaired) electrons. The predicted octanol–water partition coefficient (Wildman–Crippen LogP) is 2.13. The second kappa shape index (κ2) is 8.65. The molecule has 1 aliphatic heterocycles. The molecule has 0 spiro atoms. The number of aryl methyl sites for hydroxylation is 1. The van der Waals surface area contributed by atoms with Gasteiger partial charge in [0.1, 0.15) is 5.82 Å². The highest BCUT2D eigenvalue weighted by molar-refractivity contribution is 6.00. The molecule has 0 aromatic heterocycles. The number of nitrogens with zero attached hydrogens (tertiary/aromatic N) is 1. The predicted molar refractivity (Wildman–Crippen MR) is 103 cm³/mol. The summed E-state index contributed by atoms with van der Waals surface area (Å²) in [5, 5.41) is 0. The average molecular weight is 383 g/mol. The van der Waals surface area contributed by atoms with Gasteiger partial charge in [-0.2, -0.15) is 0 Å². The third-order valence-electron chi connectivity index (χ3n) is 4.73. The largest absolute Gasteiger partial charge is 0.312 e. The minimum Gasteiger partial charge on any atom is -0.312 e. The van der Waals surface area contributed by atoms with Gasteiger partial charge in [-0.05, 0) is 41.8 Å². The Hall–Kier alpha value is -3.22. The van der Waals surface area contributed by atoms with Crippen molar-refractivity contribution in [3.05, 3.63) is 65.5 Å². The van der Waals surface area contributed by atoms with E-state index in [1.807, 2.05) is 31.2 Å². The molecule has 1 heterocycles. The van der Waals surface area contributed by atoms with Gasteiger partial charge in [0.05, 0.1) is 12.3 Å². The summed E-state index contributed by atoms with van der Waals surface area (Å²) >= 11 is 0. The molecular weight excluding hydrogens is 361 g/mol. The molecule has 0 bridgehead atoms. The van der Waals surface area contributed by atoms with E-state index in [9.17, 15) is 18.8 Å². The van der Waals surface area contributed by atoms with Gasteiger partial charge in [-0.15, -0.1) is 0 Å². The normalized spacial score (nSPS) is 16.1. The molecule has 0 saturated carbocycles. The number of hydrogen-bond donors (Lipinski definition) is 2. The fourth-order valence-electron chi connectivity index (χ4n) is 3.14. The number of hydrogen-bond acceptors (Lipinski definition) is 3. The van der Waals surface area contributed by atoms with Crippen molar-refractivity contribution in [3.63, 3.8) is 0 Å². The van der Waals surface area contributed by atoms with Crippen LogP contribution in [0.15, 0.2) is 48.5 Å². The summed E-state index contributed by atoms with van der Waals surface area (Å²) in [4.78, 5) is 38.2. The first-order chi connectivity index (χ1) is 13.5. The lowest BCUT2D eigenvalue weighted by molar-refractivity contribution is -0.131. The van der Waals surface area contributed by atoms with E-state index in [1.54, 1.807) is 4.90 Å². The lowest BCUT2D eigenvalue weighted by Gasteiger charge is -2.17. The van der Waals surface area contributed by atoms with Crippen LogP contribution in [0.25, 0.3) is 0 Å². The van der Waals surface area contributed by atoms with Crippen LogP contribution in [0.4, 0.5) is 10.1 Å². The molecule has 0 unspecified atom stereocenters. The highest BCUT2D eigenvalue weighted by Gasteiger charge is 2.35. The summed E-state index contributed by atoms with van der Waals surface area (Å²) < 4.78 is 12.9. The van der Waals surface area contributed by atoms with Gasteiger partial charge < -0.3 is 4.90 Å². The number of benzene rings is 2. The van der Waals surface area contributed by atoms with Crippen LogP contribution in [-0.4, -0.2) is 24.3 Å². The molecule has 28 heavy (non-hydrogen) atoms. The van der Waals surface area contributed by atoms with E-state index in [-0.39, 0.29) is 31.1 Å². The Balaban J connectivity index is 1.52. The minimum absolute atomic E-state index is 0.0140. The molecule has 0 aliphatic carbocycles. The lowest BCUT2D eigenvalue weighted by atomic mass is 10.1. The van der Waals surface area contributed by atoms with Crippen LogP contribution >= 0.6 is 0 Å². The van der Waals surface area contributed by atoms with Gasteiger partial charge in [-0.25, -0.2) is 4.39 Å². The van der Waals surface area contributed by atoms with Crippen molar-refractivity contribution in [2.24, 2.45) is 5.92 Å². The zero-order chi connectivity index (χ0) is 20.1. The maximum Gasteiger partial charge on any atom is 0.243 e. The first kappa shape index (κ1) is 19.5. The van der Waals surface area contributed by atoms with Crippen molar-refractivity contribution in [2.75, 3.05) is 11.4 Å². The lowest BCUT2D eigenvalue weighted by Crippen LogP contribution is -2.45. The van der Waals surface area contributed by atoms with Gasteiger partial charge in [0.15, 0.2) is 0 Å². The van der Waals surface area contributed by atoms with Gasteiger partial charge in [0.2, 0.25) is 17.7 Å². The summed E-state index contributed by atoms with van der Waals surface area (Å²) in [6, 6.07) is 13.2. The Bertz CT molecular complexity index is 883. The zero-order valence-electron chi connectivity index (χ0n) is 15.6. The third-order valence-corrected chi connectivity index (χ3v) is 4.73. The SMILES string of the molecule is CCc1cccc(N2C[C@H](C(=O)NNC(=O)Cc3ccc(F)cc3)CC2=O)c1. The van der Waals surface area contributed by atoms with Crippen LogP contribution in [0.5, 0.6) is 0 Å². The molecular formula is C21H22FN3O3. The number of carbonyl (C=O) groups excluding carboxylic acids is 3. The molecule has 7 heteroatoms. The van der Waals surface area contributed by atoms with Gasteiger partial charge in [0, 0.05) is 18.7 Å². The van der Waals surface area contributed by atoms with Gasteiger partial charge in [0.25, 0.3) is 0 Å². The Labute approximate surface area is 162 Å². The van der Waals surface area contributed by atoms with E-state index in [0.717, 1.165) is 17.7 Å². The smallest absolute Gasteiger partial charge is 0.243 e. The number of halogens is 1. The molecule has 1 saturated heterocycles. The van der Waals surface area contributed by atoms with E-state index in [1.165, 1.54) is 24.3 Å². The minimum atomic E-state index is -0.538. The highest BCUT2D eigenvalue weighted by Crippen LogP contribution is 2.26. The van der Waals surface area contributed by atoms with E-state index < -0.39 is 17.7 Å². The summed E-state index contributed by atoms with van der Waals surface area (Å²) in [5.74, 6) is -1.86. The number of rotatable bonds is 5. The van der Waals surface area contributed by atoms with Gasteiger partial charge in [-0.1, -0.05) is 31.2 Å². The summed E-state index contributed by atoms with van der Waals surface area (Å²) in [7, 11) is 0. The number of carbonyl (C=O) groups is 3. The number of hydrazine groups is 1. The summed E-state index contributed by atoms with van der Waals surface area (Å²) in [5.41, 5.74) is 7.25. The van der Waals surface area contributed by atoms with Crippen LogP contribution in [0.2, 0.25) is 0 Å². The molecule has 1 fully saturated rings. The Kier molecular flexibility index (Phi) is 6.03. The maximum atomic E-state index is 12.9. The van der Waals surface area contributed by atoms with Crippen LogP contribution in [0.1, 0.15) is 24.5 Å². The second-order valence-corrected chi connectivity index (χ2v) is 6.77. The first-order valence-corrected chi connectivity index (χ1v) is 9.18. The van der Waals surface area contributed by atoms with Crippen LogP contribution in [-0.2, 0) is 27.2 Å². The Morgan fingerprint density at radius 2 is 1.86 bits per heavy atom. The topological polar surface area (TPSA) is 78.5 Å². The number of anilines is 1. The molecule has 3 rings (SSSR count). The molecule has 6 nitrogen and oxygen atoms in total. The van der Waals surface area contributed by atoms with Crippen LogP contribution in [0, 0.1) is 11.7 Å². The molecule has 2 aromatic carbocycles. The third kappa shape index (κ3) is 4.73. The van der Waals surface area contributed by atoms with Crippen molar-refractivity contribution in [2.45, 2.75) is 26.2 Å². The zero-order valence-corrected chi connectivity index (χ0v) is 15.6. The molecule has 2 N–H and O–H groups in total. The fraction of sp³-hybridized carbons (Fsp3) is 0.286. The van der Waals surface area contributed by atoms with Gasteiger partial charge >= 0.3 is 0 Å². The fourth-order valence-corrected chi connectivity index (χ4v) is 3.14. The molecule has 1 aliphatic rings. The second-order valence-electron chi connectivity index (χ2n) is 6.77. The molecule has 146 valence electrons. The van der Waals surface area contributed by atoms with Crippen molar-refractivity contribution in [1.82, 2.24) is 10.9 Å². The number of nitrogens with one attached hydrogen (secondary N) is 2. The Morgan fingerprint density at radius 1 is 1.11 bits per heavy atom. The number of amides is 3. The van der Waals surface area contributed by atoms with Crippen molar-refractivity contribution >= 4 is 23.4 Å². The van der Waals surface area contributed by atoms with E-state index in [4.69, 9.17) is 0 Å². The Morgan fingerprint density at radius 3 is 2.57 bits per heavy atom. The van der Waals surface area contributed by atoms with Crippen molar-refractivity contribution < 1.29 is 18.8 Å². The first-order valence-electron chi connectivity index (χ1n) is 9.18. The van der Waals surface area contributed by atoms with Crippen molar-refractivity contribution in [3.8, 4) is 0 Å². The van der Waals surface area contributed by atoms with Crippen molar-refractivity contribution in [1.29, 1.82) is 0 Å². The standard InChI is InChI=1S/C21H22FN3O3/c1-2-14-4-3-5-18(10-14)25-13-16(12-20(25)27)21(28)24-23-19(26)11-15-6-8-17(22)9-7-15/h3-10,16H,2,11-13H2,1H3,(H,23,26)(H,24,28)/t16-/m1/s1. The molecule has 1 atom stereocenters. The quantitative estimate of drug-likeness (QED) is 0.777. The van der Waals surface area contributed by atoms with E-state index >= 15 is 0 Å². The molecule has 2 aromatic rings. The highest BCUT2D eigenvalue weighted by atomic mass is 19.1. The van der Waals surface area contributed by atoms with Crippen LogP contribution < -0.4 is 15.8 Å². The summed E-state index contributed by atoms with van der Waals surface area (Å²) in [6.07, 6.45) is 0.968. The van der Waals surface area contributed by atoms with E-state index in [2.05, 4.69) is 10.9 Å². The van der Waals surface area contributed by atoms with Crippen LogP contribution in [0.3, 0.4) is 0 Å². The maximum absolute atomic E-state index is 12.9.